The number of methoxy groups -OCH3 is 1. The Labute approximate surface area is 219 Å². The Morgan fingerprint density at radius 1 is 1.14 bits per heavy atom. The maximum atomic E-state index is 13.2. The number of halogens is 1. The zero-order chi connectivity index (χ0) is 25.2. The Hall–Kier alpha value is -3.60. The van der Waals surface area contributed by atoms with Gasteiger partial charge in [0, 0.05) is 16.3 Å². The van der Waals surface area contributed by atoms with Gasteiger partial charge < -0.3 is 14.3 Å². The molecule has 1 saturated heterocycles. The topological polar surface area (TPSA) is 106 Å². The molecule has 1 N–H and O–H groups in total. The maximum Gasteiger partial charge on any atom is 0.302 e. The van der Waals surface area contributed by atoms with Gasteiger partial charge in [0.25, 0.3) is 5.78 Å². The first-order valence-corrected chi connectivity index (χ1v) is 12.8. The monoisotopic (exact) mass is 539 g/mol. The molecular weight excluding hydrogens is 522 g/mol. The predicted octanol–water partition coefficient (Wildman–Crippen LogP) is 5.71. The van der Waals surface area contributed by atoms with Gasteiger partial charge in [0.05, 0.1) is 18.9 Å². The lowest BCUT2D eigenvalue weighted by Gasteiger charge is -2.20. The minimum Gasteiger partial charge on any atom is -0.507 e. The van der Waals surface area contributed by atoms with Gasteiger partial charge in [-0.2, -0.15) is 0 Å². The Morgan fingerprint density at radius 3 is 2.56 bits per heavy atom. The lowest BCUT2D eigenvalue weighted by molar-refractivity contribution is -0.132. The van der Waals surface area contributed by atoms with Crippen molar-refractivity contribution in [1.82, 2.24) is 10.2 Å². The first-order valence-electron chi connectivity index (χ1n) is 10.7. The Bertz CT molecular complexity index is 1430. The van der Waals surface area contributed by atoms with Crippen LogP contribution in [-0.2, 0) is 15.3 Å². The van der Waals surface area contributed by atoms with Crippen LogP contribution in [0, 0.1) is 0 Å². The molecule has 1 atom stereocenters. The summed E-state index contributed by atoms with van der Waals surface area (Å²) >= 11 is 8.57. The maximum absolute atomic E-state index is 13.2. The van der Waals surface area contributed by atoms with Gasteiger partial charge in [-0.05, 0) is 54.1 Å². The molecule has 2 aromatic carbocycles. The number of thioether (sulfide) groups is 1. The summed E-state index contributed by atoms with van der Waals surface area (Å²) in [5.41, 5.74) is 1.32. The number of nitrogens with zero attached hydrogens (tertiary/aromatic N) is 3. The van der Waals surface area contributed by atoms with Crippen LogP contribution < -0.4 is 9.64 Å². The smallest absolute Gasteiger partial charge is 0.302 e. The molecule has 4 aromatic rings. The molecule has 1 aliphatic heterocycles. The summed E-state index contributed by atoms with van der Waals surface area (Å²) < 4.78 is 11.3. The third kappa shape index (κ3) is 4.62. The number of amides is 1. The second-order valence-electron chi connectivity index (χ2n) is 7.68. The minimum absolute atomic E-state index is 0.0920. The van der Waals surface area contributed by atoms with Crippen LogP contribution in [0.15, 0.2) is 81.3 Å². The van der Waals surface area contributed by atoms with Crippen LogP contribution in [0.4, 0.5) is 5.13 Å². The van der Waals surface area contributed by atoms with Crippen LogP contribution in [0.2, 0.25) is 5.02 Å². The molecule has 36 heavy (non-hydrogen) atoms. The molecule has 0 bridgehead atoms. The molecule has 0 aliphatic carbocycles. The molecule has 8 nitrogen and oxygen atoms in total. The highest BCUT2D eigenvalue weighted by atomic mass is 35.5. The minimum atomic E-state index is -0.996. The molecule has 1 aliphatic rings. The van der Waals surface area contributed by atoms with E-state index in [0.717, 1.165) is 5.56 Å². The standard InChI is InChI=1S/C25H18ClN3O5S2/c1-33-17-10-6-15(7-11-17)21(30)19-20(18-3-2-12-34-18)29(23(32)22(19)31)24-27-28-25(36-24)35-13-14-4-8-16(26)9-5-14/h2-12,20,30H,13H2,1H3/b21-19-. The lowest BCUT2D eigenvalue weighted by atomic mass is 9.99. The molecular formula is C25H18ClN3O5S2. The molecule has 0 radical (unpaired) electrons. The van der Waals surface area contributed by atoms with E-state index in [1.54, 1.807) is 36.4 Å². The van der Waals surface area contributed by atoms with Crippen molar-refractivity contribution < 1.29 is 23.8 Å². The summed E-state index contributed by atoms with van der Waals surface area (Å²) in [6.45, 7) is 0. The van der Waals surface area contributed by atoms with E-state index in [0.29, 0.717) is 32.2 Å². The van der Waals surface area contributed by atoms with Gasteiger partial charge in [0.15, 0.2) is 4.34 Å². The second kappa shape index (κ2) is 10.2. The van der Waals surface area contributed by atoms with Gasteiger partial charge in [-0.3, -0.25) is 14.5 Å². The fourth-order valence-corrected chi connectivity index (χ4v) is 5.68. The lowest BCUT2D eigenvalue weighted by Crippen LogP contribution is -2.29. The quantitative estimate of drug-likeness (QED) is 0.105. The zero-order valence-corrected chi connectivity index (χ0v) is 21.1. The van der Waals surface area contributed by atoms with E-state index in [1.165, 1.54) is 41.4 Å². The van der Waals surface area contributed by atoms with E-state index in [-0.39, 0.29) is 16.5 Å². The van der Waals surface area contributed by atoms with Crippen molar-refractivity contribution >= 4 is 57.3 Å². The summed E-state index contributed by atoms with van der Waals surface area (Å²) in [6.07, 6.45) is 1.44. The third-order valence-corrected chi connectivity index (χ3v) is 7.88. The Kier molecular flexibility index (Phi) is 6.82. The number of furan rings is 1. The van der Waals surface area contributed by atoms with Crippen molar-refractivity contribution in [2.45, 2.75) is 16.1 Å². The molecule has 1 amide bonds. The number of hydrogen-bond donors (Lipinski definition) is 1. The number of rotatable bonds is 7. The third-order valence-electron chi connectivity index (χ3n) is 5.50. The number of aromatic nitrogens is 2. The molecule has 3 heterocycles. The van der Waals surface area contributed by atoms with Crippen LogP contribution in [0.1, 0.15) is 22.9 Å². The van der Waals surface area contributed by atoms with E-state index in [4.69, 9.17) is 20.8 Å². The summed E-state index contributed by atoms with van der Waals surface area (Å²) in [7, 11) is 1.53. The summed E-state index contributed by atoms with van der Waals surface area (Å²) in [4.78, 5) is 27.5. The average molecular weight is 540 g/mol. The van der Waals surface area contributed by atoms with Gasteiger partial charge in [0.2, 0.25) is 5.13 Å². The SMILES string of the molecule is COc1ccc(/C(O)=C2/C(=O)C(=O)N(c3nnc(SCc4ccc(Cl)cc4)s3)C2c2ccco2)cc1. The number of carbonyl (C=O) groups excluding carboxylic acids is 2. The first-order chi connectivity index (χ1) is 17.5. The first kappa shape index (κ1) is 24.1. The number of carbonyl (C=O) groups is 2. The van der Waals surface area contributed by atoms with E-state index in [1.807, 2.05) is 24.3 Å². The van der Waals surface area contributed by atoms with Gasteiger partial charge in [0.1, 0.15) is 23.3 Å². The highest BCUT2D eigenvalue weighted by Crippen LogP contribution is 2.44. The van der Waals surface area contributed by atoms with Gasteiger partial charge in [-0.25, -0.2) is 0 Å². The number of anilines is 1. The average Bonchev–Trinajstić information content (AvgIpc) is 3.64. The molecule has 2 aromatic heterocycles. The second-order valence-corrected chi connectivity index (χ2v) is 10.3. The van der Waals surface area contributed by atoms with E-state index in [2.05, 4.69) is 10.2 Å². The number of aliphatic hydroxyl groups is 1. The molecule has 1 unspecified atom stereocenters. The number of Topliss-reactive ketones (excluding diaryl/α,β-unsaturated/α-hetero) is 1. The molecule has 1 fully saturated rings. The van der Waals surface area contributed by atoms with E-state index >= 15 is 0 Å². The van der Waals surface area contributed by atoms with Crippen molar-refractivity contribution in [3.05, 3.63) is 94.4 Å². The number of ether oxygens (including phenoxy) is 1. The van der Waals surface area contributed by atoms with E-state index in [9.17, 15) is 14.7 Å². The largest absolute Gasteiger partial charge is 0.507 e. The van der Waals surface area contributed by atoms with Gasteiger partial charge in [-0.1, -0.05) is 46.8 Å². The van der Waals surface area contributed by atoms with Crippen LogP contribution in [0.5, 0.6) is 5.75 Å². The highest BCUT2D eigenvalue weighted by molar-refractivity contribution is 8.00. The molecule has 0 saturated carbocycles. The fourth-order valence-electron chi connectivity index (χ4n) is 3.73. The van der Waals surface area contributed by atoms with Crippen molar-refractivity contribution in [1.29, 1.82) is 0 Å². The number of ketones is 1. The Morgan fingerprint density at radius 2 is 1.89 bits per heavy atom. The molecule has 182 valence electrons. The fraction of sp³-hybridized carbons (Fsp3) is 0.120. The van der Waals surface area contributed by atoms with Crippen molar-refractivity contribution in [2.75, 3.05) is 12.0 Å². The molecule has 11 heteroatoms. The van der Waals surface area contributed by atoms with Crippen molar-refractivity contribution in [2.24, 2.45) is 0 Å². The molecule has 5 rings (SSSR count). The zero-order valence-electron chi connectivity index (χ0n) is 18.8. The van der Waals surface area contributed by atoms with Crippen LogP contribution >= 0.6 is 34.7 Å². The Balaban J connectivity index is 1.49. The van der Waals surface area contributed by atoms with Crippen LogP contribution in [-0.4, -0.2) is 34.1 Å². The number of aliphatic hydroxyl groups excluding tert-OH is 1. The summed E-state index contributed by atoms with van der Waals surface area (Å²) in [5.74, 6) is -0.445. The predicted molar refractivity (Wildman–Crippen MR) is 137 cm³/mol. The summed E-state index contributed by atoms with van der Waals surface area (Å²) in [5, 5.41) is 20.3. The van der Waals surface area contributed by atoms with Crippen LogP contribution in [0.3, 0.4) is 0 Å². The van der Waals surface area contributed by atoms with Gasteiger partial charge in [-0.15, -0.1) is 10.2 Å². The van der Waals surface area contributed by atoms with Crippen molar-refractivity contribution in [3.8, 4) is 5.75 Å². The molecule has 0 spiro atoms. The van der Waals surface area contributed by atoms with E-state index < -0.39 is 17.7 Å². The number of benzene rings is 2. The van der Waals surface area contributed by atoms with Crippen molar-refractivity contribution in [3.63, 3.8) is 0 Å². The van der Waals surface area contributed by atoms with Gasteiger partial charge >= 0.3 is 5.91 Å². The highest BCUT2D eigenvalue weighted by Gasteiger charge is 2.49. The number of hydrogen-bond acceptors (Lipinski definition) is 9. The normalized spacial score (nSPS) is 17.1. The summed E-state index contributed by atoms with van der Waals surface area (Å²) in [6, 6.07) is 16.3. The van der Waals surface area contributed by atoms with Crippen LogP contribution in [0.25, 0.3) is 5.76 Å².